The molecule has 1 aromatic carbocycles. The monoisotopic (exact) mass is 229 g/mol. The molecule has 0 radical (unpaired) electrons. The average molecular weight is 229 g/mol. The van der Waals surface area contributed by atoms with Crippen LogP contribution in [0.5, 0.6) is 0 Å². The third-order valence-electron chi connectivity index (χ3n) is 2.43. The highest BCUT2D eigenvalue weighted by Gasteiger charge is 2.06. The van der Waals surface area contributed by atoms with Gasteiger partial charge in [-0.05, 0) is 17.7 Å². The first-order chi connectivity index (χ1) is 8.25. The van der Waals surface area contributed by atoms with Crippen molar-refractivity contribution in [2.75, 3.05) is 17.6 Å². The third kappa shape index (κ3) is 3.19. The van der Waals surface area contributed by atoms with Crippen molar-refractivity contribution in [2.24, 2.45) is 0 Å². The Bertz CT molecular complexity index is 473. The lowest BCUT2D eigenvalue weighted by atomic mass is 10.1. The predicted molar refractivity (Wildman–Crippen MR) is 68.5 cm³/mol. The lowest BCUT2D eigenvalue weighted by Crippen LogP contribution is -2.13. The molecule has 0 spiro atoms. The molecule has 17 heavy (non-hydrogen) atoms. The second kappa shape index (κ2) is 5.32. The maximum absolute atomic E-state index is 9.93. The second-order valence-corrected chi connectivity index (χ2v) is 3.76. The van der Waals surface area contributed by atoms with E-state index in [1.54, 1.807) is 6.07 Å². The molecular formula is C13H15N3O. The van der Waals surface area contributed by atoms with Crippen molar-refractivity contribution < 1.29 is 5.11 Å². The SMILES string of the molecule is Nc1cccc(NCC(O)c2ccccc2)n1. The Labute approximate surface area is 100 Å². The van der Waals surface area contributed by atoms with E-state index >= 15 is 0 Å². The van der Waals surface area contributed by atoms with Gasteiger partial charge in [-0.3, -0.25) is 0 Å². The number of aromatic nitrogens is 1. The van der Waals surface area contributed by atoms with Gasteiger partial charge >= 0.3 is 0 Å². The predicted octanol–water partition coefficient (Wildman–Crippen LogP) is 1.81. The van der Waals surface area contributed by atoms with E-state index in [4.69, 9.17) is 5.73 Å². The zero-order valence-corrected chi connectivity index (χ0v) is 9.38. The van der Waals surface area contributed by atoms with E-state index in [9.17, 15) is 5.11 Å². The normalized spacial score (nSPS) is 12.1. The van der Waals surface area contributed by atoms with E-state index in [1.807, 2.05) is 42.5 Å². The minimum Gasteiger partial charge on any atom is -0.387 e. The fraction of sp³-hybridized carbons (Fsp3) is 0.154. The number of rotatable bonds is 4. The Morgan fingerprint density at radius 2 is 1.88 bits per heavy atom. The van der Waals surface area contributed by atoms with Gasteiger partial charge in [-0.15, -0.1) is 0 Å². The van der Waals surface area contributed by atoms with Gasteiger partial charge in [0.05, 0.1) is 6.10 Å². The molecule has 0 saturated carbocycles. The molecule has 88 valence electrons. The highest BCUT2D eigenvalue weighted by Crippen LogP contribution is 2.13. The van der Waals surface area contributed by atoms with Crippen LogP contribution < -0.4 is 11.1 Å². The van der Waals surface area contributed by atoms with E-state index in [1.165, 1.54) is 0 Å². The molecule has 0 aliphatic carbocycles. The van der Waals surface area contributed by atoms with Crippen LogP contribution in [0.2, 0.25) is 0 Å². The number of nitrogens with two attached hydrogens (primary N) is 1. The molecule has 0 fully saturated rings. The van der Waals surface area contributed by atoms with Gasteiger partial charge in [0.1, 0.15) is 11.6 Å². The Kier molecular flexibility index (Phi) is 3.57. The second-order valence-electron chi connectivity index (χ2n) is 3.76. The maximum atomic E-state index is 9.93. The molecule has 4 N–H and O–H groups in total. The molecular weight excluding hydrogens is 214 g/mol. The zero-order chi connectivity index (χ0) is 12.1. The molecule has 1 atom stereocenters. The molecule has 4 nitrogen and oxygen atoms in total. The van der Waals surface area contributed by atoms with Crippen LogP contribution in [0.4, 0.5) is 11.6 Å². The molecule has 2 rings (SSSR count). The Balaban J connectivity index is 1.95. The number of nitrogen functional groups attached to an aromatic ring is 1. The molecule has 1 unspecified atom stereocenters. The highest BCUT2D eigenvalue weighted by atomic mass is 16.3. The summed E-state index contributed by atoms with van der Waals surface area (Å²) in [6, 6.07) is 14.8. The van der Waals surface area contributed by atoms with Crippen molar-refractivity contribution in [3.8, 4) is 0 Å². The molecule has 1 aromatic heterocycles. The Morgan fingerprint density at radius 3 is 2.59 bits per heavy atom. The minimum absolute atomic E-state index is 0.403. The first kappa shape index (κ1) is 11.4. The van der Waals surface area contributed by atoms with Crippen LogP contribution in [0.3, 0.4) is 0 Å². The van der Waals surface area contributed by atoms with Gasteiger partial charge in [-0.25, -0.2) is 4.98 Å². The molecule has 0 saturated heterocycles. The van der Waals surface area contributed by atoms with Gasteiger partial charge in [0.2, 0.25) is 0 Å². The maximum Gasteiger partial charge on any atom is 0.128 e. The van der Waals surface area contributed by atoms with E-state index in [0.717, 1.165) is 5.56 Å². The topological polar surface area (TPSA) is 71.2 Å². The van der Waals surface area contributed by atoms with Crippen molar-refractivity contribution in [3.05, 3.63) is 54.1 Å². The Hall–Kier alpha value is -2.07. The standard InChI is InChI=1S/C13H15N3O/c14-12-7-4-8-13(16-12)15-9-11(17)10-5-2-1-3-6-10/h1-8,11,17H,9H2,(H3,14,15,16). The highest BCUT2D eigenvalue weighted by molar-refractivity contribution is 5.42. The van der Waals surface area contributed by atoms with E-state index in [0.29, 0.717) is 18.2 Å². The number of aliphatic hydroxyl groups excluding tert-OH is 1. The number of pyridine rings is 1. The molecule has 0 aliphatic rings. The largest absolute Gasteiger partial charge is 0.387 e. The summed E-state index contributed by atoms with van der Waals surface area (Å²) in [6.45, 7) is 0.403. The molecule has 0 aliphatic heterocycles. The molecule has 2 aromatic rings. The number of nitrogens with zero attached hydrogens (tertiary/aromatic N) is 1. The van der Waals surface area contributed by atoms with Crippen molar-refractivity contribution in [2.45, 2.75) is 6.10 Å². The lowest BCUT2D eigenvalue weighted by Gasteiger charge is -2.12. The van der Waals surface area contributed by atoms with Crippen molar-refractivity contribution >= 4 is 11.6 Å². The van der Waals surface area contributed by atoms with Crippen molar-refractivity contribution in [1.82, 2.24) is 4.98 Å². The number of benzene rings is 1. The number of nitrogens with one attached hydrogen (secondary N) is 1. The van der Waals surface area contributed by atoms with Gasteiger partial charge in [0.25, 0.3) is 0 Å². The summed E-state index contributed by atoms with van der Waals surface area (Å²) >= 11 is 0. The quantitative estimate of drug-likeness (QED) is 0.747. The fourth-order valence-electron chi connectivity index (χ4n) is 1.54. The summed E-state index contributed by atoms with van der Waals surface area (Å²) in [5, 5.41) is 13.0. The van der Waals surface area contributed by atoms with Gasteiger partial charge < -0.3 is 16.2 Å². The molecule has 0 bridgehead atoms. The van der Waals surface area contributed by atoms with Gasteiger partial charge in [-0.1, -0.05) is 36.4 Å². The van der Waals surface area contributed by atoms with E-state index < -0.39 is 6.10 Å². The van der Waals surface area contributed by atoms with Crippen LogP contribution in [0.1, 0.15) is 11.7 Å². The molecule has 0 amide bonds. The van der Waals surface area contributed by atoms with Crippen LogP contribution >= 0.6 is 0 Å². The van der Waals surface area contributed by atoms with Gasteiger partial charge in [0, 0.05) is 6.54 Å². The van der Waals surface area contributed by atoms with E-state index in [2.05, 4.69) is 10.3 Å². The fourth-order valence-corrected chi connectivity index (χ4v) is 1.54. The zero-order valence-electron chi connectivity index (χ0n) is 9.38. The number of hydrogen-bond acceptors (Lipinski definition) is 4. The Morgan fingerprint density at radius 1 is 1.12 bits per heavy atom. The summed E-state index contributed by atoms with van der Waals surface area (Å²) < 4.78 is 0. The third-order valence-corrected chi connectivity index (χ3v) is 2.43. The van der Waals surface area contributed by atoms with Crippen LogP contribution in [-0.2, 0) is 0 Å². The summed E-state index contributed by atoms with van der Waals surface area (Å²) in [5.41, 5.74) is 6.44. The summed E-state index contributed by atoms with van der Waals surface area (Å²) in [7, 11) is 0. The van der Waals surface area contributed by atoms with Crippen LogP contribution in [0, 0.1) is 0 Å². The van der Waals surface area contributed by atoms with Gasteiger partial charge in [-0.2, -0.15) is 0 Å². The average Bonchev–Trinajstić information content (AvgIpc) is 2.37. The van der Waals surface area contributed by atoms with Crippen molar-refractivity contribution in [1.29, 1.82) is 0 Å². The number of hydrogen-bond donors (Lipinski definition) is 3. The smallest absolute Gasteiger partial charge is 0.128 e. The number of anilines is 2. The summed E-state index contributed by atoms with van der Waals surface area (Å²) in [4.78, 5) is 4.09. The first-order valence-corrected chi connectivity index (χ1v) is 5.45. The minimum atomic E-state index is -0.556. The molecule has 4 heteroatoms. The van der Waals surface area contributed by atoms with Crippen LogP contribution in [-0.4, -0.2) is 16.6 Å². The number of aliphatic hydroxyl groups is 1. The summed E-state index contributed by atoms with van der Waals surface area (Å²) in [6.07, 6.45) is -0.556. The summed E-state index contributed by atoms with van der Waals surface area (Å²) in [5.74, 6) is 1.13. The lowest BCUT2D eigenvalue weighted by molar-refractivity contribution is 0.191. The van der Waals surface area contributed by atoms with Gasteiger partial charge in [0.15, 0.2) is 0 Å². The first-order valence-electron chi connectivity index (χ1n) is 5.45. The molecule has 1 heterocycles. The van der Waals surface area contributed by atoms with E-state index in [-0.39, 0.29) is 0 Å². The van der Waals surface area contributed by atoms with Crippen molar-refractivity contribution in [3.63, 3.8) is 0 Å². The van der Waals surface area contributed by atoms with Crippen LogP contribution in [0.15, 0.2) is 48.5 Å². The van der Waals surface area contributed by atoms with Crippen LogP contribution in [0.25, 0.3) is 0 Å².